The highest BCUT2D eigenvalue weighted by atomic mass is 35.5. The molecule has 0 aromatic heterocycles. The van der Waals surface area contributed by atoms with Gasteiger partial charge in [-0.3, -0.25) is 14.4 Å². The van der Waals surface area contributed by atoms with Crippen molar-refractivity contribution in [1.82, 2.24) is 0 Å². The summed E-state index contributed by atoms with van der Waals surface area (Å²) in [6.45, 7) is 8.77. The van der Waals surface area contributed by atoms with E-state index in [1.165, 1.54) is 6.92 Å². The van der Waals surface area contributed by atoms with Gasteiger partial charge in [-0.15, -0.1) is 11.6 Å². The van der Waals surface area contributed by atoms with Crippen LogP contribution in [0.5, 0.6) is 0 Å². The van der Waals surface area contributed by atoms with Gasteiger partial charge in [-0.1, -0.05) is 45.9 Å². The molecule has 1 saturated heterocycles. The van der Waals surface area contributed by atoms with E-state index in [4.69, 9.17) is 30.5 Å². The summed E-state index contributed by atoms with van der Waals surface area (Å²) < 4.78 is 23.7. The van der Waals surface area contributed by atoms with E-state index in [-0.39, 0.29) is 36.3 Å². The molecule has 3 unspecified atom stereocenters. The third-order valence-corrected chi connectivity index (χ3v) is 10.8. The lowest BCUT2D eigenvalue weighted by Gasteiger charge is -2.67. The van der Waals surface area contributed by atoms with Gasteiger partial charge in [-0.25, -0.2) is 4.79 Å². The predicted octanol–water partition coefficient (Wildman–Crippen LogP) is 3.10. The van der Waals surface area contributed by atoms with Crippen LogP contribution in [0, 0.1) is 22.7 Å². The maximum atomic E-state index is 14.8. The summed E-state index contributed by atoms with van der Waals surface area (Å²) in [6, 6.07) is 8.15. The Kier molecular flexibility index (Phi) is 7.41. The molecule has 0 spiro atoms. The lowest BCUT2D eigenvalue weighted by atomic mass is 9.45. The molecule has 228 valence electrons. The fourth-order valence-corrected chi connectivity index (χ4v) is 8.25. The SMILES string of the molecule is CC(=O)OC1=C2C(C)[C@@H](O)C[C@@](O)([C@@H](OC(=O)c3ccccc3)C3[C@](C)(C1=O)C(Cl)C[C@H]1OC[C@@]31OC(C)=O)C2(C)C. The zero-order valence-corrected chi connectivity index (χ0v) is 25.3. The number of hydrogen-bond acceptors (Lipinski definition) is 10. The van der Waals surface area contributed by atoms with Gasteiger partial charge < -0.3 is 29.2 Å². The number of carbonyl (C=O) groups excluding carboxylic acids is 4. The lowest BCUT2D eigenvalue weighted by Crippen LogP contribution is -2.80. The average Bonchev–Trinajstić information content (AvgIpc) is 2.90. The van der Waals surface area contributed by atoms with E-state index in [0.29, 0.717) is 0 Å². The van der Waals surface area contributed by atoms with E-state index in [1.807, 2.05) is 0 Å². The normalized spacial score (nSPS) is 40.4. The number of ether oxygens (including phenoxy) is 4. The largest absolute Gasteiger partial charge is 0.455 e. The first kappa shape index (κ1) is 30.7. The van der Waals surface area contributed by atoms with Crippen LogP contribution in [-0.4, -0.2) is 75.4 Å². The van der Waals surface area contributed by atoms with Crippen molar-refractivity contribution in [2.75, 3.05) is 6.61 Å². The minimum atomic E-state index is -2.06. The highest BCUT2D eigenvalue weighted by Crippen LogP contribution is 2.65. The number of benzene rings is 1. The number of aliphatic hydroxyl groups is 2. The number of aliphatic hydroxyl groups excluding tert-OH is 1. The second-order valence-electron chi connectivity index (χ2n) is 12.8. The molecule has 1 aliphatic heterocycles. The van der Waals surface area contributed by atoms with Crippen molar-refractivity contribution in [2.45, 2.75) is 89.3 Å². The van der Waals surface area contributed by atoms with E-state index in [0.717, 1.165) is 6.92 Å². The topological polar surface area (TPSA) is 146 Å². The Morgan fingerprint density at radius 3 is 2.26 bits per heavy atom. The molecule has 9 atom stereocenters. The summed E-state index contributed by atoms with van der Waals surface area (Å²) >= 11 is 7.03. The maximum absolute atomic E-state index is 14.8. The van der Waals surface area contributed by atoms with Crippen LogP contribution in [0.3, 0.4) is 0 Å². The van der Waals surface area contributed by atoms with Crippen LogP contribution in [0.4, 0.5) is 0 Å². The molecule has 42 heavy (non-hydrogen) atoms. The molecule has 0 radical (unpaired) electrons. The molecular formula is C31H37ClO10. The predicted molar refractivity (Wildman–Crippen MR) is 148 cm³/mol. The third-order valence-electron chi connectivity index (χ3n) is 10.1. The summed E-state index contributed by atoms with van der Waals surface area (Å²) in [6.07, 6.45) is -3.69. The monoisotopic (exact) mass is 604 g/mol. The third kappa shape index (κ3) is 4.17. The van der Waals surface area contributed by atoms with Gasteiger partial charge in [0.15, 0.2) is 11.4 Å². The number of hydrogen-bond donors (Lipinski definition) is 2. The number of alkyl halides is 1. The molecule has 10 nitrogen and oxygen atoms in total. The van der Waals surface area contributed by atoms with Gasteiger partial charge >= 0.3 is 17.9 Å². The van der Waals surface area contributed by atoms with Crippen LogP contribution in [0.1, 0.15) is 64.7 Å². The Hall–Kier alpha value is -2.79. The molecule has 2 N–H and O–H groups in total. The number of fused-ring (bicyclic) bond motifs is 5. The van der Waals surface area contributed by atoms with Crippen molar-refractivity contribution in [2.24, 2.45) is 22.7 Å². The van der Waals surface area contributed by atoms with Gasteiger partial charge in [-0.05, 0) is 24.1 Å². The Bertz CT molecular complexity index is 1360. The number of halogens is 1. The molecule has 3 aliphatic carbocycles. The van der Waals surface area contributed by atoms with Crippen molar-refractivity contribution in [3.8, 4) is 0 Å². The molecule has 1 heterocycles. The van der Waals surface area contributed by atoms with Crippen molar-refractivity contribution < 1.29 is 48.3 Å². The second-order valence-corrected chi connectivity index (χ2v) is 13.3. The van der Waals surface area contributed by atoms with Crippen molar-refractivity contribution in [3.63, 3.8) is 0 Å². The number of allylic oxidation sites excluding steroid dienone is 1. The van der Waals surface area contributed by atoms with Crippen molar-refractivity contribution in [3.05, 3.63) is 47.2 Å². The van der Waals surface area contributed by atoms with Crippen LogP contribution < -0.4 is 0 Å². The first-order valence-corrected chi connectivity index (χ1v) is 14.6. The van der Waals surface area contributed by atoms with Gasteiger partial charge in [0.05, 0.1) is 29.6 Å². The number of Topliss-reactive ketones (excluding diaryl/α,β-unsaturated/α-hetero) is 1. The van der Waals surface area contributed by atoms with Crippen LogP contribution >= 0.6 is 11.6 Å². The number of ketones is 1. The minimum Gasteiger partial charge on any atom is -0.455 e. The zero-order valence-electron chi connectivity index (χ0n) is 24.5. The molecule has 1 aromatic rings. The first-order chi connectivity index (χ1) is 19.5. The summed E-state index contributed by atoms with van der Waals surface area (Å²) in [5, 5.41) is 23.2. The van der Waals surface area contributed by atoms with Crippen LogP contribution in [0.2, 0.25) is 0 Å². The highest BCUT2D eigenvalue weighted by Gasteiger charge is 2.77. The van der Waals surface area contributed by atoms with Crippen molar-refractivity contribution in [1.29, 1.82) is 0 Å². The van der Waals surface area contributed by atoms with Gasteiger partial charge in [-0.2, -0.15) is 0 Å². The summed E-state index contributed by atoms with van der Waals surface area (Å²) in [7, 11) is 0. The average molecular weight is 605 g/mol. The smallest absolute Gasteiger partial charge is 0.338 e. The van der Waals surface area contributed by atoms with Crippen molar-refractivity contribution >= 4 is 35.3 Å². The van der Waals surface area contributed by atoms with Gasteiger partial charge in [0.1, 0.15) is 17.8 Å². The molecule has 4 aliphatic rings. The lowest BCUT2D eigenvalue weighted by molar-refractivity contribution is -0.331. The van der Waals surface area contributed by atoms with Gasteiger partial charge in [0, 0.05) is 37.0 Å². The second kappa shape index (κ2) is 10.1. The summed E-state index contributed by atoms with van der Waals surface area (Å²) in [5.41, 5.74) is -6.27. The van der Waals surface area contributed by atoms with E-state index in [2.05, 4.69) is 0 Å². The Morgan fingerprint density at radius 2 is 1.71 bits per heavy atom. The summed E-state index contributed by atoms with van der Waals surface area (Å²) in [4.78, 5) is 53.6. The van der Waals surface area contributed by atoms with Crippen LogP contribution in [0.15, 0.2) is 41.7 Å². The number of esters is 3. The van der Waals surface area contributed by atoms with Gasteiger partial charge in [0.25, 0.3) is 0 Å². The number of carbonyl (C=O) groups is 4. The highest BCUT2D eigenvalue weighted by molar-refractivity contribution is 6.24. The summed E-state index contributed by atoms with van der Waals surface area (Å²) in [5.74, 6) is -5.20. The molecule has 1 aromatic carbocycles. The molecule has 0 amide bonds. The minimum absolute atomic E-state index is 0.0929. The Morgan fingerprint density at radius 1 is 1.07 bits per heavy atom. The zero-order chi connectivity index (χ0) is 31.0. The molecule has 11 heteroatoms. The van der Waals surface area contributed by atoms with E-state index in [1.54, 1.807) is 58.0 Å². The van der Waals surface area contributed by atoms with E-state index in [9.17, 15) is 29.4 Å². The molecule has 5 rings (SSSR count). The van der Waals surface area contributed by atoms with Gasteiger partial charge in [0.2, 0.25) is 5.78 Å². The fourth-order valence-electron chi connectivity index (χ4n) is 7.86. The quantitative estimate of drug-likeness (QED) is 0.299. The van der Waals surface area contributed by atoms with Crippen LogP contribution in [0.25, 0.3) is 0 Å². The van der Waals surface area contributed by atoms with Crippen LogP contribution in [-0.2, 0) is 33.3 Å². The first-order valence-electron chi connectivity index (χ1n) is 14.1. The Balaban J connectivity index is 1.86. The fraction of sp³-hybridized carbons (Fsp3) is 0.613. The maximum Gasteiger partial charge on any atom is 0.338 e. The standard InChI is InChI=1S/C31H37ClO10/c1-15-19(35)13-31(38)26(41-27(37)18-10-8-7-9-11-18)24-29(6,20(32)12-21-30(24,14-39-21)42-17(3)34)25(36)23(40-16(2)33)22(15)28(31,4)5/h7-11,15,19-21,24,26,35,38H,12-14H2,1-6H3/t15?,19-,20?,21+,24?,26-,29+,30-,31+/m0/s1. The molecular weight excluding hydrogens is 568 g/mol. The van der Waals surface area contributed by atoms with E-state index >= 15 is 0 Å². The molecule has 3 fully saturated rings. The Labute approximate surface area is 249 Å². The molecule has 2 bridgehead atoms. The number of rotatable bonds is 4. The molecule has 2 saturated carbocycles. The van der Waals surface area contributed by atoms with E-state index < -0.39 is 81.2 Å².